The van der Waals surface area contributed by atoms with E-state index >= 15 is 0 Å². The molecule has 0 radical (unpaired) electrons. The molecule has 8 heteroatoms. The van der Waals surface area contributed by atoms with Crippen molar-refractivity contribution in [2.75, 3.05) is 22.4 Å². The maximum Gasteiger partial charge on any atom is 0.267 e. The third-order valence-corrected chi connectivity index (χ3v) is 5.67. The van der Waals surface area contributed by atoms with E-state index in [1.165, 1.54) is 4.31 Å². The minimum Gasteiger partial charge on any atom is -0.476 e. The predicted octanol–water partition coefficient (Wildman–Crippen LogP) is 3.12. The van der Waals surface area contributed by atoms with Crippen LogP contribution in [0.4, 0.5) is 11.4 Å². The van der Waals surface area contributed by atoms with E-state index in [1.807, 2.05) is 13.8 Å². The molecule has 2 aromatic carbocycles. The molecule has 1 N–H and O–H groups in total. The Morgan fingerprint density at radius 2 is 1.96 bits per heavy atom. The van der Waals surface area contributed by atoms with Gasteiger partial charge in [0.25, 0.3) is 5.91 Å². The highest BCUT2D eigenvalue weighted by atomic mass is 35.5. The lowest BCUT2D eigenvalue weighted by atomic mass is 10.1. The first-order valence-corrected chi connectivity index (χ1v) is 10.2. The molecule has 0 spiro atoms. The molecule has 1 aliphatic heterocycles. The molecule has 0 aromatic heterocycles. The van der Waals surface area contributed by atoms with Gasteiger partial charge in [-0.25, -0.2) is 8.42 Å². The summed E-state index contributed by atoms with van der Waals surface area (Å²) in [6, 6.07) is 10.4. The van der Waals surface area contributed by atoms with Crippen molar-refractivity contribution >= 4 is 38.9 Å². The normalized spacial score (nSPS) is 16.6. The van der Waals surface area contributed by atoms with Crippen molar-refractivity contribution in [2.45, 2.75) is 20.0 Å². The minimum absolute atomic E-state index is 0.0965. The molecule has 138 valence electrons. The van der Waals surface area contributed by atoms with E-state index in [0.29, 0.717) is 22.1 Å². The molecule has 1 aliphatic rings. The van der Waals surface area contributed by atoms with Crippen LogP contribution in [0.25, 0.3) is 0 Å². The predicted molar refractivity (Wildman–Crippen MR) is 103 cm³/mol. The second-order valence-corrected chi connectivity index (χ2v) is 8.64. The van der Waals surface area contributed by atoms with Crippen molar-refractivity contribution in [3.05, 3.63) is 52.5 Å². The van der Waals surface area contributed by atoms with Crippen molar-refractivity contribution in [3.63, 3.8) is 0 Å². The number of ether oxygens (including phenoxy) is 1. The molecule has 2 aromatic rings. The standard InChI is InChI=1S/C18H19ClN2O4S/c1-11-4-7-16-15(8-11)21(26(3,23)24)10-17(25-16)18(22)20-13-6-5-12(2)14(19)9-13/h4-9,17H,10H2,1-3H3,(H,20,22). The van der Waals surface area contributed by atoms with Crippen LogP contribution >= 0.6 is 11.6 Å². The molecule has 3 rings (SSSR count). The number of nitrogens with one attached hydrogen (secondary N) is 1. The summed E-state index contributed by atoms with van der Waals surface area (Å²) < 4.78 is 31.3. The lowest BCUT2D eigenvalue weighted by Crippen LogP contribution is -2.48. The molecule has 0 bridgehead atoms. The average molecular weight is 395 g/mol. The average Bonchev–Trinajstić information content (AvgIpc) is 2.56. The van der Waals surface area contributed by atoms with Crippen LogP contribution in [0, 0.1) is 13.8 Å². The van der Waals surface area contributed by atoms with E-state index in [4.69, 9.17) is 16.3 Å². The zero-order chi connectivity index (χ0) is 19.1. The number of hydrogen-bond donors (Lipinski definition) is 1. The summed E-state index contributed by atoms with van der Waals surface area (Å²) in [5.41, 5.74) is 2.76. The van der Waals surface area contributed by atoms with Crippen LogP contribution in [0.3, 0.4) is 0 Å². The largest absolute Gasteiger partial charge is 0.476 e. The Balaban J connectivity index is 1.88. The highest BCUT2D eigenvalue weighted by Crippen LogP contribution is 2.36. The highest BCUT2D eigenvalue weighted by molar-refractivity contribution is 7.92. The van der Waals surface area contributed by atoms with Crippen LogP contribution in [-0.2, 0) is 14.8 Å². The fourth-order valence-corrected chi connectivity index (χ4v) is 3.79. The van der Waals surface area contributed by atoms with E-state index in [0.717, 1.165) is 17.4 Å². The van der Waals surface area contributed by atoms with Crippen LogP contribution in [-0.4, -0.2) is 33.2 Å². The molecule has 1 atom stereocenters. The smallest absolute Gasteiger partial charge is 0.267 e. The summed E-state index contributed by atoms with van der Waals surface area (Å²) in [6.07, 6.45) is 0.138. The van der Waals surface area contributed by atoms with E-state index in [2.05, 4.69) is 5.32 Å². The summed E-state index contributed by atoms with van der Waals surface area (Å²) in [5, 5.41) is 3.26. The Kier molecular flexibility index (Phi) is 4.86. The Labute approximate surface area is 157 Å². The van der Waals surface area contributed by atoms with E-state index in [1.54, 1.807) is 36.4 Å². The molecule has 0 saturated carbocycles. The van der Waals surface area contributed by atoms with Crippen LogP contribution in [0.5, 0.6) is 5.75 Å². The van der Waals surface area contributed by atoms with Crippen molar-refractivity contribution in [2.24, 2.45) is 0 Å². The van der Waals surface area contributed by atoms with Crippen LogP contribution in [0.15, 0.2) is 36.4 Å². The maximum absolute atomic E-state index is 12.6. The topological polar surface area (TPSA) is 75.7 Å². The van der Waals surface area contributed by atoms with Gasteiger partial charge < -0.3 is 10.1 Å². The summed E-state index contributed by atoms with van der Waals surface area (Å²) in [5.74, 6) is -0.0841. The van der Waals surface area contributed by atoms with Gasteiger partial charge in [-0.05, 0) is 49.2 Å². The van der Waals surface area contributed by atoms with Crippen molar-refractivity contribution in [1.29, 1.82) is 0 Å². The summed E-state index contributed by atoms with van der Waals surface area (Å²) in [6.45, 7) is 3.63. The first-order valence-electron chi connectivity index (χ1n) is 7.97. The van der Waals surface area contributed by atoms with E-state index in [-0.39, 0.29) is 6.54 Å². The van der Waals surface area contributed by atoms with Gasteiger partial charge in [-0.15, -0.1) is 0 Å². The number of nitrogens with zero attached hydrogens (tertiary/aromatic N) is 1. The zero-order valence-corrected chi connectivity index (χ0v) is 16.2. The third-order valence-electron chi connectivity index (χ3n) is 4.12. The van der Waals surface area contributed by atoms with E-state index in [9.17, 15) is 13.2 Å². The van der Waals surface area contributed by atoms with Gasteiger partial charge in [-0.3, -0.25) is 9.10 Å². The highest BCUT2D eigenvalue weighted by Gasteiger charge is 2.35. The Hall–Kier alpha value is -2.25. The van der Waals surface area contributed by atoms with Crippen LogP contribution < -0.4 is 14.4 Å². The quantitative estimate of drug-likeness (QED) is 0.867. The second-order valence-electron chi connectivity index (χ2n) is 6.32. The molecular formula is C18H19ClN2O4S. The summed E-state index contributed by atoms with van der Waals surface area (Å²) >= 11 is 6.08. The Bertz CT molecular complexity index is 975. The van der Waals surface area contributed by atoms with Gasteiger partial charge in [0.05, 0.1) is 18.5 Å². The number of fused-ring (bicyclic) bond motifs is 1. The molecule has 0 aliphatic carbocycles. The number of sulfonamides is 1. The van der Waals surface area contributed by atoms with Crippen LogP contribution in [0.1, 0.15) is 11.1 Å². The van der Waals surface area contributed by atoms with Crippen LogP contribution in [0.2, 0.25) is 5.02 Å². The molecule has 1 unspecified atom stereocenters. The van der Waals surface area contributed by atoms with Gasteiger partial charge in [0, 0.05) is 10.7 Å². The first-order chi connectivity index (χ1) is 12.1. The number of halogens is 1. The van der Waals surface area contributed by atoms with Gasteiger partial charge >= 0.3 is 0 Å². The monoisotopic (exact) mass is 394 g/mol. The molecule has 0 saturated heterocycles. The minimum atomic E-state index is -3.56. The number of carbonyl (C=O) groups is 1. The van der Waals surface area contributed by atoms with Gasteiger partial charge in [-0.2, -0.15) is 0 Å². The van der Waals surface area contributed by atoms with Crippen molar-refractivity contribution in [1.82, 2.24) is 0 Å². The number of rotatable bonds is 3. The molecule has 26 heavy (non-hydrogen) atoms. The van der Waals surface area contributed by atoms with Crippen molar-refractivity contribution in [3.8, 4) is 5.75 Å². The number of benzene rings is 2. The fourth-order valence-electron chi connectivity index (χ4n) is 2.71. The molecule has 1 heterocycles. The molecule has 6 nitrogen and oxygen atoms in total. The number of anilines is 2. The zero-order valence-electron chi connectivity index (χ0n) is 14.6. The molecule has 1 amide bonds. The van der Waals surface area contributed by atoms with Gasteiger partial charge in [0.2, 0.25) is 10.0 Å². The Morgan fingerprint density at radius 3 is 2.62 bits per heavy atom. The fraction of sp³-hybridized carbons (Fsp3) is 0.278. The van der Waals surface area contributed by atoms with Gasteiger partial charge in [0.1, 0.15) is 5.75 Å². The van der Waals surface area contributed by atoms with E-state index < -0.39 is 22.0 Å². The number of aryl methyl sites for hydroxylation is 2. The second kappa shape index (κ2) is 6.81. The molecule has 0 fully saturated rings. The van der Waals surface area contributed by atoms with Gasteiger partial charge in [0.15, 0.2) is 6.10 Å². The van der Waals surface area contributed by atoms with Crippen molar-refractivity contribution < 1.29 is 17.9 Å². The maximum atomic E-state index is 12.6. The number of amides is 1. The SMILES string of the molecule is Cc1ccc2c(c1)N(S(C)(=O)=O)CC(C(=O)Nc1ccc(C)c(Cl)c1)O2. The van der Waals surface area contributed by atoms with Gasteiger partial charge in [-0.1, -0.05) is 23.7 Å². The lowest BCUT2D eigenvalue weighted by Gasteiger charge is -2.34. The third kappa shape index (κ3) is 3.78. The first kappa shape index (κ1) is 18.5. The number of hydrogen-bond acceptors (Lipinski definition) is 4. The molecular weight excluding hydrogens is 376 g/mol. The summed E-state index contributed by atoms with van der Waals surface area (Å²) in [7, 11) is -3.56. The Morgan fingerprint density at radius 1 is 1.23 bits per heavy atom. The number of carbonyl (C=O) groups excluding carboxylic acids is 1. The summed E-state index contributed by atoms with van der Waals surface area (Å²) in [4.78, 5) is 12.6. The lowest BCUT2D eigenvalue weighted by molar-refractivity contribution is -0.122.